The van der Waals surface area contributed by atoms with E-state index in [9.17, 15) is 0 Å². The van der Waals surface area contributed by atoms with E-state index in [4.69, 9.17) is 9.47 Å². The van der Waals surface area contributed by atoms with Crippen molar-refractivity contribution in [1.29, 1.82) is 0 Å². The number of nitrogens with one attached hydrogen (secondary N) is 2. The van der Waals surface area contributed by atoms with Gasteiger partial charge >= 0.3 is 0 Å². The maximum atomic E-state index is 5.51. The third-order valence-electron chi connectivity index (χ3n) is 4.99. The summed E-state index contributed by atoms with van der Waals surface area (Å²) in [6.07, 6.45) is 10.7. The Balaban J connectivity index is 1.55. The van der Waals surface area contributed by atoms with Gasteiger partial charge in [0.15, 0.2) is 0 Å². The van der Waals surface area contributed by atoms with Crippen molar-refractivity contribution in [2.24, 2.45) is 5.92 Å². The molecule has 0 aromatic heterocycles. The highest BCUT2D eigenvalue weighted by Gasteiger charge is 2.32. The first-order valence-corrected chi connectivity index (χ1v) is 8.95. The molecule has 1 aliphatic carbocycles. The molecule has 1 aliphatic heterocycles. The van der Waals surface area contributed by atoms with Gasteiger partial charge in [-0.05, 0) is 57.5 Å². The number of unbranched alkanes of at least 4 members (excludes halogenated alkanes) is 1. The predicted octanol–water partition coefficient (Wildman–Crippen LogP) is 2.33. The Hall–Kier alpha value is -0.160. The molecule has 1 saturated carbocycles. The van der Waals surface area contributed by atoms with E-state index in [1.807, 2.05) is 0 Å². The van der Waals surface area contributed by atoms with E-state index in [-0.39, 0.29) is 0 Å². The molecule has 3 unspecified atom stereocenters. The van der Waals surface area contributed by atoms with Crippen LogP contribution in [0.25, 0.3) is 0 Å². The minimum atomic E-state index is 0.705. The molecule has 4 nitrogen and oxygen atoms in total. The summed E-state index contributed by atoms with van der Waals surface area (Å²) in [7, 11) is 1.72. The molecule has 4 heteroatoms. The molecular weight excluding hydrogens is 264 g/mol. The van der Waals surface area contributed by atoms with Crippen molar-refractivity contribution >= 4 is 0 Å². The van der Waals surface area contributed by atoms with Crippen molar-refractivity contribution in [3.63, 3.8) is 0 Å². The molecule has 0 aromatic carbocycles. The van der Waals surface area contributed by atoms with Crippen LogP contribution in [-0.2, 0) is 9.47 Å². The smallest absolute Gasteiger partial charge is 0.0700 e. The van der Waals surface area contributed by atoms with Crippen LogP contribution in [0.3, 0.4) is 0 Å². The monoisotopic (exact) mass is 298 g/mol. The lowest BCUT2D eigenvalue weighted by Gasteiger charge is -2.36. The van der Waals surface area contributed by atoms with Crippen molar-refractivity contribution in [2.45, 2.75) is 63.5 Å². The van der Waals surface area contributed by atoms with Gasteiger partial charge in [-0.2, -0.15) is 0 Å². The van der Waals surface area contributed by atoms with Crippen LogP contribution in [0.2, 0.25) is 0 Å². The highest BCUT2D eigenvalue weighted by Crippen LogP contribution is 2.30. The second-order valence-electron chi connectivity index (χ2n) is 6.52. The van der Waals surface area contributed by atoms with Gasteiger partial charge in [0.2, 0.25) is 0 Å². The van der Waals surface area contributed by atoms with Gasteiger partial charge in [-0.15, -0.1) is 0 Å². The summed E-state index contributed by atoms with van der Waals surface area (Å²) in [5.41, 5.74) is 0. The van der Waals surface area contributed by atoms with Crippen LogP contribution in [0, 0.1) is 5.92 Å². The third kappa shape index (κ3) is 6.23. The summed E-state index contributed by atoms with van der Waals surface area (Å²) in [4.78, 5) is 0. The number of rotatable bonds is 10. The average Bonchev–Trinajstić information content (AvgIpc) is 3.04. The van der Waals surface area contributed by atoms with Crippen molar-refractivity contribution in [3.8, 4) is 0 Å². The second-order valence-corrected chi connectivity index (χ2v) is 6.52. The lowest BCUT2D eigenvalue weighted by atomic mass is 9.79. The van der Waals surface area contributed by atoms with Crippen LogP contribution in [0.1, 0.15) is 51.4 Å². The number of hydrogen-bond acceptors (Lipinski definition) is 4. The third-order valence-corrected chi connectivity index (χ3v) is 4.99. The number of methoxy groups -OCH3 is 1. The van der Waals surface area contributed by atoms with Gasteiger partial charge in [-0.25, -0.2) is 0 Å². The normalized spacial score (nSPS) is 29.9. The fourth-order valence-electron chi connectivity index (χ4n) is 3.83. The highest BCUT2D eigenvalue weighted by molar-refractivity contribution is 4.91. The fourth-order valence-corrected chi connectivity index (χ4v) is 3.83. The molecule has 0 spiro atoms. The molecular formula is C17H34N2O2. The first kappa shape index (κ1) is 17.2. The van der Waals surface area contributed by atoms with Gasteiger partial charge in [0.25, 0.3) is 0 Å². The summed E-state index contributed by atoms with van der Waals surface area (Å²) in [5.74, 6) is 0.860. The molecule has 3 atom stereocenters. The minimum absolute atomic E-state index is 0.705. The largest absolute Gasteiger partial charge is 0.382 e. The molecule has 2 aliphatic rings. The first-order valence-electron chi connectivity index (χ1n) is 8.95. The van der Waals surface area contributed by atoms with E-state index in [1.165, 1.54) is 51.5 Å². The Morgan fingerprint density at radius 3 is 2.71 bits per heavy atom. The average molecular weight is 298 g/mol. The quantitative estimate of drug-likeness (QED) is 0.608. The zero-order chi connectivity index (χ0) is 14.8. The van der Waals surface area contributed by atoms with Crippen molar-refractivity contribution < 1.29 is 9.47 Å². The Morgan fingerprint density at radius 1 is 1.00 bits per heavy atom. The van der Waals surface area contributed by atoms with Crippen LogP contribution >= 0.6 is 0 Å². The standard InChI is InChI=1S/C17H34N2O2/c1-20-13-14-21-12-5-4-10-18-16-8-3-2-7-15(16)17-9-6-11-19-17/h15-19H,2-14H2,1H3. The van der Waals surface area contributed by atoms with Crippen LogP contribution in [-0.4, -0.2) is 52.1 Å². The van der Waals surface area contributed by atoms with Crippen LogP contribution in [0.15, 0.2) is 0 Å². The van der Waals surface area contributed by atoms with E-state index in [0.29, 0.717) is 6.61 Å². The molecule has 1 saturated heterocycles. The summed E-state index contributed by atoms with van der Waals surface area (Å²) in [6, 6.07) is 1.52. The molecule has 0 radical (unpaired) electrons. The summed E-state index contributed by atoms with van der Waals surface area (Å²) in [6.45, 7) is 4.66. The molecule has 1 heterocycles. The summed E-state index contributed by atoms with van der Waals surface area (Å²) < 4.78 is 10.5. The van der Waals surface area contributed by atoms with Crippen LogP contribution in [0.5, 0.6) is 0 Å². The van der Waals surface area contributed by atoms with E-state index >= 15 is 0 Å². The molecule has 2 N–H and O–H groups in total. The molecule has 2 rings (SSSR count). The van der Waals surface area contributed by atoms with E-state index < -0.39 is 0 Å². The van der Waals surface area contributed by atoms with Crippen LogP contribution in [0.4, 0.5) is 0 Å². The van der Waals surface area contributed by atoms with Gasteiger partial charge in [0.1, 0.15) is 0 Å². The van der Waals surface area contributed by atoms with E-state index in [0.717, 1.165) is 44.2 Å². The first-order chi connectivity index (χ1) is 10.4. The Bertz CT molecular complexity index is 257. The van der Waals surface area contributed by atoms with Gasteiger partial charge in [0, 0.05) is 25.8 Å². The van der Waals surface area contributed by atoms with Gasteiger partial charge in [-0.1, -0.05) is 12.8 Å². The lowest BCUT2D eigenvalue weighted by Crippen LogP contribution is -2.47. The molecule has 124 valence electrons. The molecule has 0 aromatic rings. The summed E-state index contributed by atoms with van der Waals surface area (Å²) in [5, 5.41) is 7.55. The predicted molar refractivity (Wildman–Crippen MR) is 86.7 cm³/mol. The van der Waals surface area contributed by atoms with Crippen LogP contribution < -0.4 is 10.6 Å². The van der Waals surface area contributed by atoms with Crippen molar-refractivity contribution in [3.05, 3.63) is 0 Å². The second kappa shape index (κ2) is 10.5. The number of hydrogen-bond donors (Lipinski definition) is 2. The molecule has 21 heavy (non-hydrogen) atoms. The van der Waals surface area contributed by atoms with Crippen molar-refractivity contribution in [2.75, 3.05) is 40.0 Å². The van der Waals surface area contributed by atoms with E-state index in [2.05, 4.69) is 10.6 Å². The minimum Gasteiger partial charge on any atom is -0.382 e. The maximum Gasteiger partial charge on any atom is 0.0700 e. The highest BCUT2D eigenvalue weighted by atomic mass is 16.5. The topological polar surface area (TPSA) is 42.5 Å². The van der Waals surface area contributed by atoms with Gasteiger partial charge in [0.05, 0.1) is 13.2 Å². The summed E-state index contributed by atoms with van der Waals surface area (Å²) >= 11 is 0. The maximum absolute atomic E-state index is 5.51. The molecule has 0 bridgehead atoms. The zero-order valence-electron chi connectivity index (χ0n) is 13.7. The Labute approximate surface area is 130 Å². The molecule has 0 amide bonds. The van der Waals surface area contributed by atoms with Gasteiger partial charge in [-0.3, -0.25) is 0 Å². The number of ether oxygens (including phenoxy) is 2. The fraction of sp³-hybridized carbons (Fsp3) is 1.00. The van der Waals surface area contributed by atoms with Crippen molar-refractivity contribution in [1.82, 2.24) is 10.6 Å². The molecule has 2 fully saturated rings. The van der Waals surface area contributed by atoms with Gasteiger partial charge < -0.3 is 20.1 Å². The Morgan fingerprint density at radius 2 is 1.90 bits per heavy atom. The SMILES string of the molecule is COCCOCCCCNC1CCCCC1C1CCCN1. The zero-order valence-corrected chi connectivity index (χ0v) is 13.7. The van der Waals surface area contributed by atoms with E-state index in [1.54, 1.807) is 7.11 Å². The lowest BCUT2D eigenvalue weighted by molar-refractivity contribution is 0.0686. The Kier molecular flexibility index (Phi) is 8.64.